The molecule has 1 heterocycles. The van der Waals surface area contributed by atoms with E-state index in [1.54, 1.807) is 6.92 Å². The van der Waals surface area contributed by atoms with E-state index in [0.717, 1.165) is 11.4 Å². The molecule has 1 aromatic heterocycles. The molecule has 0 aliphatic rings. The minimum atomic E-state index is -2.54. The molecule has 0 aliphatic carbocycles. The van der Waals surface area contributed by atoms with Crippen LogP contribution in [0, 0.1) is 6.92 Å². The molecule has 3 nitrogen and oxygen atoms in total. The number of halogens is 2. The Hall–Kier alpha value is -1.91. The number of benzene rings is 1. The van der Waals surface area contributed by atoms with Crippen molar-refractivity contribution < 1.29 is 8.78 Å². The van der Waals surface area contributed by atoms with Gasteiger partial charge in [0.15, 0.2) is 0 Å². The van der Waals surface area contributed by atoms with Gasteiger partial charge in [0, 0.05) is 18.4 Å². The van der Waals surface area contributed by atoms with Crippen LogP contribution in [0.4, 0.5) is 14.5 Å². The Bertz CT molecular complexity index is 503. The van der Waals surface area contributed by atoms with E-state index >= 15 is 0 Å². The fourth-order valence-electron chi connectivity index (χ4n) is 1.64. The normalized spacial score (nSPS) is 10.9. The second-order valence-corrected chi connectivity index (χ2v) is 3.72. The topological polar surface area (TPSA) is 29.9 Å². The molecule has 2 aromatic rings. The smallest absolute Gasteiger partial charge is 0.282 e. The van der Waals surface area contributed by atoms with Gasteiger partial charge in [-0.2, -0.15) is 5.10 Å². The Morgan fingerprint density at radius 1 is 1.24 bits per heavy atom. The van der Waals surface area contributed by atoms with Crippen molar-refractivity contribution in [2.24, 2.45) is 0 Å². The van der Waals surface area contributed by atoms with Crippen LogP contribution in [0.25, 0.3) is 5.69 Å². The van der Waals surface area contributed by atoms with E-state index in [9.17, 15) is 8.78 Å². The number of anilines is 1. The zero-order valence-corrected chi connectivity index (χ0v) is 9.61. The molecule has 0 radical (unpaired) electrons. The van der Waals surface area contributed by atoms with Gasteiger partial charge in [-0.15, -0.1) is 0 Å². The number of aryl methyl sites for hydroxylation is 1. The van der Waals surface area contributed by atoms with Crippen molar-refractivity contribution in [3.05, 3.63) is 41.7 Å². The molecular formula is C12H13F2N3. The summed E-state index contributed by atoms with van der Waals surface area (Å²) in [6.45, 7) is 1.75. The lowest BCUT2D eigenvalue weighted by atomic mass is 10.3. The first kappa shape index (κ1) is 11.6. The van der Waals surface area contributed by atoms with Crippen LogP contribution in [-0.2, 0) is 0 Å². The predicted molar refractivity (Wildman–Crippen MR) is 62.8 cm³/mol. The van der Waals surface area contributed by atoms with Gasteiger partial charge in [-0.25, -0.2) is 13.5 Å². The quantitative estimate of drug-likeness (QED) is 0.888. The molecule has 0 amide bonds. The van der Waals surface area contributed by atoms with Crippen LogP contribution < -0.4 is 5.32 Å². The third-order valence-corrected chi connectivity index (χ3v) is 2.53. The van der Waals surface area contributed by atoms with Gasteiger partial charge in [-0.05, 0) is 37.3 Å². The Kier molecular flexibility index (Phi) is 3.08. The summed E-state index contributed by atoms with van der Waals surface area (Å²) in [4.78, 5) is 0. The molecule has 0 unspecified atom stereocenters. The molecule has 0 saturated heterocycles. The first-order chi connectivity index (χ1) is 8.11. The first-order valence-electron chi connectivity index (χ1n) is 5.24. The van der Waals surface area contributed by atoms with Crippen molar-refractivity contribution in [1.82, 2.24) is 9.78 Å². The van der Waals surface area contributed by atoms with Gasteiger partial charge in [0.1, 0.15) is 5.69 Å². The van der Waals surface area contributed by atoms with Gasteiger partial charge in [-0.3, -0.25) is 0 Å². The SMILES string of the molecule is CNc1ccc(-n2nc(C(F)F)cc2C)cc1. The van der Waals surface area contributed by atoms with Gasteiger partial charge in [0.2, 0.25) is 0 Å². The molecule has 5 heteroatoms. The van der Waals surface area contributed by atoms with E-state index in [4.69, 9.17) is 0 Å². The standard InChI is InChI=1S/C12H13F2N3/c1-8-7-11(12(13)14)16-17(8)10-5-3-9(15-2)4-6-10/h3-7,12,15H,1-2H3. The summed E-state index contributed by atoms with van der Waals surface area (Å²) < 4.78 is 26.5. The van der Waals surface area contributed by atoms with Crippen LogP contribution in [0.5, 0.6) is 0 Å². The number of alkyl halides is 2. The molecule has 0 spiro atoms. The summed E-state index contributed by atoms with van der Waals surface area (Å²) in [5, 5.41) is 6.88. The lowest BCUT2D eigenvalue weighted by molar-refractivity contribution is 0.145. The Morgan fingerprint density at radius 3 is 2.35 bits per heavy atom. The van der Waals surface area contributed by atoms with E-state index in [1.807, 2.05) is 31.3 Å². The molecule has 1 N–H and O–H groups in total. The molecular weight excluding hydrogens is 224 g/mol. The highest BCUT2D eigenvalue weighted by molar-refractivity contribution is 5.48. The maximum absolute atomic E-state index is 12.5. The van der Waals surface area contributed by atoms with E-state index in [0.29, 0.717) is 5.69 Å². The summed E-state index contributed by atoms with van der Waals surface area (Å²) in [6, 6.07) is 8.82. The Balaban J connectivity index is 2.38. The summed E-state index contributed by atoms with van der Waals surface area (Å²) in [7, 11) is 1.82. The average molecular weight is 237 g/mol. The maximum atomic E-state index is 12.5. The van der Waals surface area contributed by atoms with E-state index in [1.165, 1.54) is 10.7 Å². The number of nitrogens with one attached hydrogen (secondary N) is 1. The largest absolute Gasteiger partial charge is 0.388 e. The Morgan fingerprint density at radius 2 is 1.88 bits per heavy atom. The molecule has 0 aliphatic heterocycles. The van der Waals surface area contributed by atoms with Crippen molar-refractivity contribution >= 4 is 5.69 Å². The second kappa shape index (κ2) is 4.53. The molecule has 0 saturated carbocycles. The maximum Gasteiger partial charge on any atom is 0.282 e. The molecule has 2 rings (SSSR count). The lowest BCUT2D eigenvalue weighted by Crippen LogP contribution is -1.99. The van der Waals surface area contributed by atoms with Crippen molar-refractivity contribution in [2.75, 3.05) is 12.4 Å². The number of hydrogen-bond donors (Lipinski definition) is 1. The van der Waals surface area contributed by atoms with Gasteiger partial charge in [-0.1, -0.05) is 0 Å². The average Bonchev–Trinajstić information content (AvgIpc) is 2.72. The minimum Gasteiger partial charge on any atom is -0.388 e. The molecule has 90 valence electrons. The summed E-state index contributed by atoms with van der Waals surface area (Å²) in [5.74, 6) is 0. The van der Waals surface area contributed by atoms with Crippen LogP contribution in [0.15, 0.2) is 30.3 Å². The highest BCUT2D eigenvalue weighted by Crippen LogP contribution is 2.21. The second-order valence-electron chi connectivity index (χ2n) is 3.72. The minimum absolute atomic E-state index is 0.194. The van der Waals surface area contributed by atoms with E-state index < -0.39 is 6.43 Å². The van der Waals surface area contributed by atoms with Crippen LogP contribution in [-0.4, -0.2) is 16.8 Å². The van der Waals surface area contributed by atoms with Crippen molar-refractivity contribution in [1.29, 1.82) is 0 Å². The Labute approximate surface area is 98.1 Å². The van der Waals surface area contributed by atoms with Gasteiger partial charge >= 0.3 is 0 Å². The summed E-state index contributed by atoms with van der Waals surface area (Å²) >= 11 is 0. The highest BCUT2D eigenvalue weighted by Gasteiger charge is 2.13. The van der Waals surface area contributed by atoms with Crippen LogP contribution >= 0.6 is 0 Å². The number of aromatic nitrogens is 2. The van der Waals surface area contributed by atoms with Gasteiger partial charge in [0.05, 0.1) is 5.69 Å². The number of hydrogen-bond acceptors (Lipinski definition) is 2. The fourth-order valence-corrected chi connectivity index (χ4v) is 1.64. The van der Waals surface area contributed by atoms with Crippen molar-refractivity contribution in [3.63, 3.8) is 0 Å². The van der Waals surface area contributed by atoms with Crippen LogP contribution in [0.1, 0.15) is 17.8 Å². The molecule has 0 bridgehead atoms. The third-order valence-electron chi connectivity index (χ3n) is 2.53. The van der Waals surface area contributed by atoms with Crippen molar-refractivity contribution in [2.45, 2.75) is 13.3 Å². The predicted octanol–water partition coefficient (Wildman–Crippen LogP) is 3.16. The van der Waals surface area contributed by atoms with E-state index in [2.05, 4.69) is 10.4 Å². The van der Waals surface area contributed by atoms with Gasteiger partial charge < -0.3 is 5.32 Å². The number of nitrogens with zero attached hydrogens (tertiary/aromatic N) is 2. The first-order valence-corrected chi connectivity index (χ1v) is 5.24. The zero-order chi connectivity index (χ0) is 12.4. The van der Waals surface area contributed by atoms with Crippen LogP contribution in [0.2, 0.25) is 0 Å². The molecule has 0 atom stereocenters. The lowest BCUT2D eigenvalue weighted by Gasteiger charge is -2.05. The fraction of sp³-hybridized carbons (Fsp3) is 0.250. The monoisotopic (exact) mass is 237 g/mol. The third kappa shape index (κ3) is 2.27. The molecule has 1 aromatic carbocycles. The number of rotatable bonds is 3. The summed E-state index contributed by atoms with van der Waals surface area (Å²) in [6.07, 6.45) is -2.54. The van der Waals surface area contributed by atoms with Crippen LogP contribution in [0.3, 0.4) is 0 Å². The summed E-state index contributed by atoms with van der Waals surface area (Å²) in [5.41, 5.74) is 2.23. The molecule has 0 fully saturated rings. The zero-order valence-electron chi connectivity index (χ0n) is 9.61. The van der Waals surface area contributed by atoms with Crippen molar-refractivity contribution in [3.8, 4) is 5.69 Å². The van der Waals surface area contributed by atoms with E-state index in [-0.39, 0.29) is 5.69 Å². The molecule has 17 heavy (non-hydrogen) atoms. The van der Waals surface area contributed by atoms with Gasteiger partial charge in [0.25, 0.3) is 6.43 Å². The highest BCUT2D eigenvalue weighted by atomic mass is 19.3.